The molecule has 1 aromatic rings. The molecule has 0 unspecified atom stereocenters. The number of hydrogen-bond donors (Lipinski definition) is 0. The van der Waals surface area contributed by atoms with Crippen molar-refractivity contribution in [2.75, 3.05) is 6.61 Å². The summed E-state index contributed by atoms with van der Waals surface area (Å²) in [6.45, 7) is 5.12. The fourth-order valence-electron chi connectivity index (χ4n) is 2.36. The predicted molar refractivity (Wildman–Crippen MR) is 88.5 cm³/mol. The SMILES string of the molecule is CC(C)CCCCCCCCCOC(=O)c1ccccc1. The number of hydrogen-bond acceptors (Lipinski definition) is 2. The average Bonchev–Trinajstić information content (AvgIpc) is 2.49. The van der Waals surface area contributed by atoms with Crippen LogP contribution in [0.1, 0.15) is 75.6 Å². The van der Waals surface area contributed by atoms with Crippen LogP contribution in [0.5, 0.6) is 0 Å². The van der Waals surface area contributed by atoms with Gasteiger partial charge < -0.3 is 4.74 Å². The van der Waals surface area contributed by atoms with Gasteiger partial charge in [0.2, 0.25) is 0 Å². The molecule has 0 amide bonds. The van der Waals surface area contributed by atoms with Crippen molar-refractivity contribution >= 4 is 5.97 Å². The molecule has 0 spiro atoms. The van der Waals surface area contributed by atoms with Crippen molar-refractivity contribution in [2.45, 2.75) is 65.2 Å². The zero-order chi connectivity index (χ0) is 15.3. The average molecular weight is 290 g/mol. The molecule has 0 aliphatic carbocycles. The first-order chi connectivity index (χ1) is 10.2. The highest BCUT2D eigenvalue weighted by Gasteiger charge is 2.04. The fourth-order valence-corrected chi connectivity index (χ4v) is 2.36. The van der Waals surface area contributed by atoms with E-state index >= 15 is 0 Å². The topological polar surface area (TPSA) is 26.3 Å². The Labute approximate surface area is 129 Å². The molecule has 0 fully saturated rings. The third-order valence-electron chi connectivity index (χ3n) is 3.67. The minimum Gasteiger partial charge on any atom is -0.462 e. The van der Waals surface area contributed by atoms with Gasteiger partial charge in [-0.25, -0.2) is 4.79 Å². The lowest BCUT2D eigenvalue weighted by molar-refractivity contribution is 0.0497. The van der Waals surface area contributed by atoms with Crippen molar-refractivity contribution in [1.29, 1.82) is 0 Å². The summed E-state index contributed by atoms with van der Waals surface area (Å²) in [5.74, 6) is 0.633. The number of carbonyl (C=O) groups excluding carboxylic acids is 1. The first kappa shape index (κ1) is 17.7. The summed E-state index contributed by atoms with van der Waals surface area (Å²) >= 11 is 0. The molecular formula is C19H30O2. The van der Waals surface area contributed by atoms with Crippen LogP contribution in [0.4, 0.5) is 0 Å². The molecule has 1 rings (SSSR count). The predicted octanol–water partition coefficient (Wildman–Crippen LogP) is 5.62. The van der Waals surface area contributed by atoms with Crippen LogP contribution in [-0.2, 0) is 4.74 Å². The van der Waals surface area contributed by atoms with Gasteiger partial charge >= 0.3 is 5.97 Å². The van der Waals surface area contributed by atoms with Crippen LogP contribution in [0.25, 0.3) is 0 Å². The summed E-state index contributed by atoms with van der Waals surface area (Å²) < 4.78 is 5.26. The first-order valence-corrected chi connectivity index (χ1v) is 8.42. The molecule has 0 radical (unpaired) electrons. The van der Waals surface area contributed by atoms with Gasteiger partial charge in [-0.3, -0.25) is 0 Å². The van der Waals surface area contributed by atoms with Crippen LogP contribution in [0.2, 0.25) is 0 Å². The number of rotatable bonds is 11. The van der Waals surface area contributed by atoms with Gasteiger partial charge in [-0.15, -0.1) is 0 Å². The Morgan fingerprint density at radius 1 is 0.905 bits per heavy atom. The van der Waals surface area contributed by atoms with Gasteiger partial charge in [-0.05, 0) is 24.5 Å². The Hall–Kier alpha value is -1.31. The minimum atomic E-state index is -0.204. The van der Waals surface area contributed by atoms with Crippen LogP contribution in [0, 0.1) is 5.92 Å². The zero-order valence-corrected chi connectivity index (χ0v) is 13.6. The second-order valence-electron chi connectivity index (χ2n) is 6.16. The van der Waals surface area contributed by atoms with Crippen molar-refractivity contribution in [3.8, 4) is 0 Å². The molecule has 0 atom stereocenters. The Kier molecular flexibility index (Phi) is 9.60. The monoisotopic (exact) mass is 290 g/mol. The molecule has 0 saturated carbocycles. The highest BCUT2D eigenvalue weighted by molar-refractivity contribution is 5.89. The van der Waals surface area contributed by atoms with Crippen molar-refractivity contribution in [3.05, 3.63) is 35.9 Å². The van der Waals surface area contributed by atoms with E-state index in [2.05, 4.69) is 13.8 Å². The molecule has 1 aromatic carbocycles. The number of esters is 1. The van der Waals surface area contributed by atoms with Gasteiger partial charge in [0.15, 0.2) is 0 Å². The third kappa shape index (κ3) is 9.28. The molecule has 21 heavy (non-hydrogen) atoms. The van der Waals surface area contributed by atoms with E-state index in [0.29, 0.717) is 12.2 Å². The van der Waals surface area contributed by atoms with Crippen LogP contribution >= 0.6 is 0 Å². The smallest absolute Gasteiger partial charge is 0.338 e. The van der Waals surface area contributed by atoms with Gasteiger partial charge in [0.1, 0.15) is 0 Å². The Bertz CT molecular complexity index is 370. The maximum absolute atomic E-state index is 11.7. The molecule has 0 heterocycles. The highest BCUT2D eigenvalue weighted by atomic mass is 16.5. The van der Waals surface area contributed by atoms with Crippen LogP contribution in [-0.4, -0.2) is 12.6 Å². The summed E-state index contributed by atoms with van der Waals surface area (Å²) in [5, 5.41) is 0. The van der Waals surface area contributed by atoms with E-state index < -0.39 is 0 Å². The van der Waals surface area contributed by atoms with Crippen LogP contribution in [0.15, 0.2) is 30.3 Å². The summed E-state index contributed by atoms with van der Waals surface area (Å²) in [5.41, 5.74) is 0.641. The lowest BCUT2D eigenvalue weighted by atomic mass is 10.0. The van der Waals surface area contributed by atoms with E-state index in [9.17, 15) is 4.79 Å². The largest absolute Gasteiger partial charge is 0.462 e. The second-order valence-corrected chi connectivity index (χ2v) is 6.16. The van der Waals surface area contributed by atoms with Gasteiger partial charge in [0.05, 0.1) is 12.2 Å². The molecule has 2 nitrogen and oxygen atoms in total. The Morgan fingerprint density at radius 2 is 1.48 bits per heavy atom. The molecule has 118 valence electrons. The summed E-state index contributed by atoms with van der Waals surface area (Å²) in [7, 11) is 0. The normalized spacial score (nSPS) is 10.8. The summed E-state index contributed by atoms with van der Waals surface area (Å²) in [6, 6.07) is 9.20. The Balaban J connectivity index is 1.90. The van der Waals surface area contributed by atoms with Gasteiger partial charge in [-0.1, -0.05) is 77.0 Å². The number of ether oxygens (including phenoxy) is 1. The van der Waals surface area contributed by atoms with E-state index in [0.717, 1.165) is 18.8 Å². The van der Waals surface area contributed by atoms with Crippen molar-refractivity contribution in [3.63, 3.8) is 0 Å². The molecule has 0 aliphatic heterocycles. The van der Waals surface area contributed by atoms with E-state index in [1.807, 2.05) is 18.2 Å². The maximum Gasteiger partial charge on any atom is 0.338 e. The van der Waals surface area contributed by atoms with E-state index in [4.69, 9.17) is 4.74 Å². The van der Waals surface area contributed by atoms with E-state index in [1.54, 1.807) is 12.1 Å². The maximum atomic E-state index is 11.7. The molecule has 0 aromatic heterocycles. The number of unbranched alkanes of at least 4 members (excludes halogenated alkanes) is 6. The highest BCUT2D eigenvalue weighted by Crippen LogP contribution is 2.12. The van der Waals surface area contributed by atoms with Crippen molar-refractivity contribution < 1.29 is 9.53 Å². The quantitative estimate of drug-likeness (QED) is 0.390. The zero-order valence-electron chi connectivity index (χ0n) is 13.6. The minimum absolute atomic E-state index is 0.204. The molecule has 2 heteroatoms. The number of carbonyl (C=O) groups is 1. The lowest BCUT2D eigenvalue weighted by Crippen LogP contribution is -2.06. The molecular weight excluding hydrogens is 260 g/mol. The van der Waals surface area contributed by atoms with Gasteiger partial charge in [-0.2, -0.15) is 0 Å². The molecule has 0 bridgehead atoms. The lowest BCUT2D eigenvalue weighted by Gasteiger charge is -2.05. The van der Waals surface area contributed by atoms with Crippen molar-refractivity contribution in [1.82, 2.24) is 0 Å². The summed E-state index contributed by atoms with van der Waals surface area (Å²) in [4.78, 5) is 11.7. The molecule has 0 N–H and O–H groups in total. The van der Waals surface area contributed by atoms with Gasteiger partial charge in [0.25, 0.3) is 0 Å². The molecule has 0 saturated heterocycles. The fraction of sp³-hybridized carbons (Fsp3) is 0.632. The first-order valence-electron chi connectivity index (χ1n) is 8.42. The number of benzene rings is 1. The van der Waals surface area contributed by atoms with E-state index in [1.165, 1.54) is 38.5 Å². The summed E-state index contributed by atoms with van der Waals surface area (Å²) in [6.07, 6.45) is 10.1. The molecule has 0 aliphatic rings. The van der Waals surface area contributed by atoms with Gasteiger partial charge in [0, 0.05) is 0 Å². The van der Waals surface area contributed by atoms with E-state index in [-0.39, 0.29) is 5.97 Å². The van der Waals surface area contributed by atoms with Crippen molar-refractivity contribution in [2.24, 2.45) is 5.92 Å². The second kappa shape index (κ2) is 11.4. The standard InChI is InChI=1S/C19H30O2/c1-17(2)13-9-6-4-3-5-7-12-16-21-19(20)18-14-10-8-11-15-18/h8,10-11,14-15,17H,3-7,9,12-13,16H2,1-2H3. The van der Waals surface area contributed by atoms with Crippen LogP contribution < -0.4 is 0 Å². The third-order valence-corrected chi connectivity index (χ3v) is 3.67. The van der Waals surface area contributed by atoms with Crippen LogP contribution in [0.3, 0.4) is 0 Å². The Morgan fingerprint density at radius 3 is 2.10 bits per heavy atom.